The maximum atomic E-state index is 11.8. The lowest BCUT2D eigenvalue weighted by atomic mass is 10.2. The first kappa shape index (κ1) is 13.0. The highest BCUT2D eigenvalue weighted by atomic mass is 16.5. The highest BCUT2D eigenvalue weighted by Crippen LogP contribution is 2.15. The first-order valence-electron chi connectivity index (χ1n) is 5.65. The molecule has 0 bridgehead atoms. The van der Waals surface area contributed by atoms with E-state index in [1.807, 2.05) is 6.07 Å². The van der Waals surface area contributed by atoms with E-state index in [0.717, 1.165) is 0 Å². The summed E-state index contributed by atoms with van der Waals surface area (Å²) in [7, 11) is 1.50. The summed E-state index contributed by atoms with van der Waals surface area (Å²) in [6, 6.07) is 3.52. The molecule has 7 nitrogen and oxygen atoms in total. The third-order valence-electron chi connectivity index (χ3n) is 2.47. The van der Waals surface area contributed by atoms with Gasteiger partial charge in [0.2, 0.25) is 0 Å². The summed E-state index contributed by atoms with van der Waals surface area (Å²) in [5, 5.41) is 13.3. The van der Waals surface area contributed by atoms with Gasteiger partial charge in [0, 0.05) is 13.3 Å². The summed E-state index contributed by atoms with van der Waals surface area (Å²) >= 11 is 0. The number of esters is 1. The largest absolute Gasteiger partial charge is 0.461 e. The van der Waals surface area contributed by atoms with Gasteiger partial charge in [-0.3, -0.25) is 0 Å². The second-order valence-electron chi connectivity index (χ2n) is 3.65. The van der Waals surface area contributed by atoms with Crippen molar-refractivity contribution in [3.63, 3.8) is 0 Å². The smallest absolute Gasteiger partial charge is 0.357 e. The molecule has 0 spiro atoms. The van der Waals surface area contributed by atoms with Crippen LogP contribution in [0.5, 0.6) is 0 Å². The maximum Gasteiger partial charge on any atom is 0.357 e. The van der Waals surface area contributed by atoms with Crippen LogP contribution in [0.1, 0.15) is 28.7 Å². The third-order valence-corrected chi connectivity index (χ3v) is 2.47. The average molecular weight is 260 g/mol. The van der Waals surface area contributed by atoms with Crippen LogP contribution < -0.4 is 0 Å². The van der Waals surface area contributed by atoms with Gasteiger partial charge in [-0.1, -0.05) is 0 Å². The van der Waals surface area contributed by atoms with E-state index in [-0.39, 0.29) is 18.9 Å². The first-order valence-corrected chi connectivity index (χ1v) is 5.65. The highest BCUT2D eigenvalue weighted by Gasteiger charge is 2.19. The summed E-state index contributed by atoms with van der Waals surface area (Å²) in [5.74, 6) is -0.508. The van der Waals surface area contributed by atoms with Crippen molar-refractivity contribution in [2.75, 3.05) is 13.7 Å². The Balaban J connectivity index is 2.63. The third kappa shape index (κ3) is 2.26. The number of rotatable bonds is 4. The number of methoxy groups -OCH3 is 1. The van der Waals surface area contributed by atoms with Crippen LogP contribution in [0.25, 0.3) is 5.65 Å². The molecule has 0 aliphatic carbocycles. The van der Waals surface area contributed by atoms with E-state index in [0.29, 0.717) is 16.9 Å². The second kappa shape index (κ2) is 5.46. The lowest BCUT2D eigenvalue weighted by Crippen LogP contribution is -2.11. The molecule has 0 N–H and O–H groups in total. The number of fused-ring (bicyclic) bond motifs is 1. The lowest BCUT2D eigenvalue weighted by Gasteiger charge is -2.03. The van der Waals surface area contributed by atoms with Crippen molar-refractivity contribution in [2.24, 2.45) is 0 Å². The molecule has 0 aliphatic heterocycles. The van der Waals surface area contributed by atoms with Crippen LogP contribution in [0.4, 0.5) is 0 Å². The van der Waals surface area contributed by atoms with Gasteiger partial charge >= 0.3 is 5.97 Å². The zero-order valence-corrected chi connectivity index (χ0v) is 10.6. The van der Waals surface area contributed by atoms with Crippen LogP contribution in [0.15, 0.2) is 12.3 Å². The number of hydrogen-bond donors (Lipinski definition) is 0. The molecule has 2 aromatic rings. The van der Waals surface area contributed by atoms with Gasteiger partial charge in [0.15, 0.2) is 11.3 Å². The topological polar surface area (TPSA) is 89.5 Å². The van der Waals surface area contributed by atoms with Crippen LogP contribution in [0, 0.1) is 11.3 Å². The van der Waals surface area contributed by atoms with Crippen molar-refractivity contribution in [3.05, 3.63) is 29.2 Å². The minimum Gasteiger partial charge on any atom is -0.461 e. The minimum atomic E-state index is -0.508. The molecule has 0 saturated carbocycles. The number of carbonyl (C=O) groups excluding carboxylic acids is 1. The molecule has 0 amide bonds. The van der Waals surface area contributed by atoms with Gasteiger partial charge in [-0.25, -0.2) is 14.3 Å². The van der Waals surface area contributed by atoms with Crippen LogP contribution in [-0.2, 0) is 16.1 Å². The molecular formula is C12H12N4O3. The molecule has 2 aromatic heterocycles. The fraction of sp³-hybridized carbons (Fsp3) is 0.333. The van der Waals surface area contributed by atoms with E-state index in [4.69, 9.17) is 14.7 Å². The Kier molecular flexibility index (Phi) is 3.73. The molecule has 98 valence electrons. The number of carbonyl (C=O) groups is 1. The zero-order valence-electron chi connectivity index (χ0n) is 10.6. The summed E-state index contributed by atoms with van der Waals surface area (Å²) in [6.07, 6.45) is 1.45. The van der Waals surface area contributed by atoms with Gasteiger partial charge < -0.3 is 9.47 Å². The monoisotopic (exact) mass is 260 g/mol. The standard InChI is InChI=1S/C12H12N4O3/c1-3-19-12(17)10-4-5-14-11-8(6-13)9(7-18-2)15-16(10)11/h4-5H,3,7H2,1-2H3. The molecule has 0 radical (unpaired) electrons. The SMILES string of the molecule is CCOC(=O)c1ccnc2c(C#N)c(COC)nn12. The fourth-order valence-corrected chi connectivity index (χ4v) is 1.70. The minimum absolute atomic E-state index is 0.175. The van der Waals surface area contributed by atoms with E-state index in [1.165, 1.54) is 23.9 Å². The number of aromatic nitrogens is 3. The summed E-state index contributed by atoms with van der Waals surface area (Å²) in [4.78, 5) is 15.9. The van der Waals surface area contributed by atoms with Gasteiger partial charge in [-0.2, -0.15) is 10.4 Å². The number of ether oxygens (including phenoxy) is 2. The lowest BCUT2D eigenvalue weighted by molar-refractivity contribution is 0.0516. The quantitative estimate of drug-likeness (QED) is 0.759. The van der Waals surface area contributed by atoms with E-state index in [1.54, 1.807) is 6.92 Å². The van der Waals surface area contributed by atoms with E-state index in [2.05, 4.69) is 10.1 Å². The van der Waals surface area contributed by atoms with Crippen molar-refractivity contribution < 1.29 is 14.3 Å². The average Bonchev–Trinajstić information content (AvgIpc) is 2.76. The van der Waals surface area contributed by atoms with Crippen molar-refractivity contribution in [3.8, 4) is 6.07 Å². The highest BCUT2D eigenvalue weighted by molar-refractivity contribution is 5.88. The summed E-state index contributed by atoms with van der Waals surface area (Å²) in [6.45, 7) is 2.16. The molecule has 0 unspecified atom stereocenters. The van der Waals surface area contributed by atoms with Gasteiger partial charge in [-0.15, -0.1) is 0 Å². The fourth-order valence-electron chi connectivity index (χ4n) is 1.70. The first-order chi connectivity index (χ1) is 9.22. The van der Waals surface area contributed by atoms with E-state index >= 15 is 0 Å². The Morgan fingerprint density at radius 2 is 2.37 bits per heavy atom. The molecule has 2 heterocycles. The van der Waals surface area contributed by atoms with Gasteiger partial charge in [0.25, 0.3) is 0 Å². The molecular weight excluding hydrogens is 248 g/mol. The van der Waals surface area contributed by atoms with Gasteiger partial charge in [0.1, 0.15) is 17.3 Å². The number of nitriles is 1. The van der Waals surface area contributed by atoms with Crippen molar-refractivity contribution >= 4 is 11.6 Å². The Labute approximate surface area is 109 Å². The van der Waals surface area contributed by atoms with Crippen LogP contribution in [0.2, 0.25) is 0 Å². The Hall–Kier alpha value is -2.46. The molecule has 2 rings (SSSR count). The summed E-state index contributed by atoms with van der Waals surface area (Å²) in [5.41, 5.74) is 1.29. The maximum absolute atomic E-state index is 11.8. The normalized spacial score (nSPS) is 10.4. The van der Waals surface area contributed by atoms with Crippen molar-refractivity contribution in [1.29, 1.82) is 5.26 Å². The van der Waals surface area contributed by atoms with Gasteiger partial charge in [-0.05, 0) is 13.0 Å². The van der Waals surface area contributed by atoms with E-state index in [9.17, 15) is 4.79 Å². The van der Waals surface area contributed by atoms with Crippen molar-refractivity contribution in [2.45, 2.75) is 13.5 Å². The van der Waals surface area contributed by atoms with Crippen molar-refractivity contribution in [1.82, 2.24) is 14.6 Å². The van der Waals surface area contributed by atoms with E-state index < -0.39 is 5.97 Å². The molecule has 0 aliphatic rings. The Bertz CT molecular complexity index is 657. The predicted molar refractivity (Wildman–Crippen MR) is 64.4 cm³/mol. The van der Waals surface area contributed by atoms with Crippen LogP contribution >= 0.6 is 0 Å². The number of hydrogen-bond acceptors (Lipinski definition) is 6. The molecule has 0 atom stereocenters. The molecule has 0 saturated heterocycles. The second-order valence-corrected chi connectivity index (χ2v) is 3.65. The Morgan fingerprint density at radius 3 is 3.00 bits per heavy atom. The predicted octanol–water partition coefficient (Wildman–Crippen LogP) is 0.924. The number of nitrogens with zero attached hydrogens (tertiary/aromatic N) is 4. The molecule has 0 fully saturated rings. The Morgan fingerprint density at radius 1 is 1.58 bits per heavy atom. The molecule has 19 heavy (non-hydrogen) atoms. The molecule has 0 aromatic carbocycles. The van der Waals surface area contributed by atoms with Crippen LogP contribution in [-0.4, -0.2) is 34.3 Å². The zero-order chi connectivity index (χ0) is 13.8. The van der Waals surface area contributed by atoms with Gasteiger partial charge in [0.05, 0.1) is 13.2 Å². The van der Waals surface area contributed by atoms with Crippen LogP contribution in [0.3, 0.4) is 0 Å². The molecule has 7 heteroatoms. The summed E-state index contributed by atoms with van der Waals surface area (Å²) < 4.78 is 11.2.